The molecule has 0 aliphatic carbocycles. The van der Waals surface area contributed by atoms with Gasteiger partial charge in [-0.25, -0.2) is 0 Å². The summed E-state index contributed by atoms with van der Waals surface area (Å²) in [5, 5.41) is 3.18. The SMILES string of the molecule is Cc1cccc(OCC(=O)Nc2nc(-c3ccccc3)ns2)c1C. The highest BCUT2D eigenvalue weighted by molar-refractivity contribution is 7.10. The Labute approximate surface area is 144 Å². The third-order valence-electron chi connectivity index (χ3n) is 3.62. The van der Waals surface area contributed by atoms with Gasteiger partial charge in [0, 0.05) is 17.1 Å². The first-order valence-electron chi connectivity index (χ1n) is 7.51. The number of aromatic nitrogens is 2. The third-order valence-corrected chi connectivity index (χ3v) is 4.25. The summed E-state index contributed by atoms with van der Waals surface area (Å²) in [6.45, 7) is 3.92. The van der Waals surface area contributed by atoms with Gasteiger partial charge in [-0.15, -0.1) is 0 Å². The highest BCUT2D eigenvalue weighted by atomic mass is 32.1. The molecule has 3 aromatic rings. The van der Waals surface area contributed by atoms with E-state index < -0.39 is 0 Å². The summed E-state index contributed by atoms with van der Waals surface area (Å²) in [6.07, 6.45) is 0. The number of benzene rings is 2. The molecule has 2 aromatic carbocycles. The van der Waals surface area contributed by atoms with Crippen molar-refractivity contribution < 1.29 is 9.53 Å². The molecule has 3 rings (SSSR count). The predicted octanol–water partition coefficient (Wildman–Crippen LogP) is 3.84. The van der Waals surface area contributed by atoms with Gasteiger partial charge in [-0.3, -0.25) is 10.1 Å². The number of carbonyl (C=O) groups excluding carboxylic acids is 1. The Hall–Kier alpha value is -2.73. The van der Waals surface area contributed by atoms with Crippen LogP contribution in [0, 0.1) is 13.8 Å². The van der Waals surface area contributed by atoms with Crippen molar-refractivity contribution in [3.8, 4) is 17.1 Å². The van der Waals surface area contributed by atoms with E-state index in [1.54, 1.807) is 0 Å². The molecule has 24 heavy (non-hydrogen) atoms. The van der Waals surface area contributed by atoms with Crippen molar-refractivity contribution in [2.45, 2.75) is 13.8 Å². The smallest absolute Gasteiger partial charge is 0.264 e. The van der Waals surface area contributed by atoms with Gasteiger partial charge >= 0.3 is 0 Å². The standard InChI is InChI=1S/C18H17N3O2S/c1-12-7-6-10-15(13(12)2)23-11-16(22)19-18-20-17(21-24-18)14-8-4-3-5-9-14/h3-10H,11H2,1-2H3,(H,19,20,21,22). The number of rotatable bonds is 5. The molecule has 1 amide bonds. The number of carbonyl (C=O) groups is 1. The summed E-state index contributed by atoms with van der Waals surface area (Å²) in [6, 6.07) is 15.4. The number of anilines is 1. The summed E-state index contributed by atoms with van der Waals surface area (Å²) in [4.78, 5) is 16.4. The minimum atomic E-state index is -0.258. The van der Waals surface area contributed by atoms with Gasteiger partial charge in [0.25, 0.3) is 5.91 Å². The van der Waals surface area contributed by atoms with E-state index in [1.807, 2.05) is 62.4 Å². The zero-order chi connectivity index (χ0) is 16.9. The number of aryl methyl sites for hydroxylation is 1. The maximum Gasteiger partial charge on any atom is 0.264 e. The number of nitrogens with one attached hydrogen (secondary N) is 1. The van der Waals surface area contributed by atoms with E-state index in [9.17, 15) is 4.79 Å². The molecule has 6 heteroatoms. The first-order chi connectivity index (χ1) is 11.6. The van der Waals surface area contributed by atoms with Gasteiger partial charge in [-0.05, 0) is 31.0 Å². The molecule has 0 atom stereocenters. The van der Waals surface area contributed by atoms with Crippen molar-refractivity contribution in [2.75, 3.05) is 11.9 Å². The van der Waals surface area contributed by atoms with Crippen LogP contribution in [-0.4, -0.2) is 21.9 Å². The zero-order valence-electron chi connectivity index (χ0n) is 13.4. The Morgan fingerprint density at radius 3 is 2.71 bits per heavy atom. The molecule has 5 nitrogen and oxygen atoms in total. The van der Waals surface area contributed by atoms with Crippen molar-refractivity contribution in [2.24, 2.45) is 0 Å². The first-order valence-corrected chi connectivity index (χ1v) is 8.29. The average molecular weight is 339 g/mol. The van der Waals surface area contributed by atoms with Crippen LogP contribution in [0.4, 0.5) is 5.13 Å². The molecule has 1 aromatic heterocycles. The summed E-state index contributed by atoms with van der Waals surface area (Å²) in [7, 11) is 0. The molecule has 1 heterocycles. The van der Waals surface area contributed by atoms with E-state index >= 15 is 0 Å². The number of nitrogens with zero attached hydrogens (tertiary/aromatic N) is 2. The second-order valence-corrected chi connectivity index (χ2v) is 6.08. The van der Waals surface area contributed by atoms with Gasteiger partial charge < -0.3 is 4.74 Å². The molecule has 0 saturated carbocycles. The van der Waals surface area contributed by atoms with E-state index in [1.165, 1.54) is 0 Å². The third kappa shape index (κ3) is 3.78. The maximum atomic E-state index is 12.0. The molecule has 0 saturated heterocycles. The predicted molar refractivity (Wildman–Crippen MR) is 95.4 cm³/mol. The number of hydrogen-bond acceptors (Lipinski definition) is 5. The lowest BCUT2D eigenvalue weighted by Gasteiger charge is -2.10. The van der Waals surface area contributed by atoms with E-state index in [4.69, 9.17) is 4.74 Å². The average Bonchev–Trinajstić information content (AvgIpc) is 3.05. The fourth-order valence-corrected chi connectivity index (χ4v) is 2.76. The second-order valence-electron chi connectivity index (χ2n) is 5.32. The monoisotopic (exact) mass is 339 g/mol. The van der Waals surface area contributed by atoms with Crippen LogP contribution < -0.4 is 10.1 Å². The van der Waals surface area contributed by atoms with Crippen LogP contribution >= 0.6 is 11.5 Å². The fraction of sp³-hybridized carbons (Fsp3) is 0.167. The summed E-state index contributed by atoms with van der Waals surface area (Å²) in [5.74, 6) is 1.06. The quantitative estimate of drug-likeness (QED) is 0.767. The fourth-order valence-electron chi connectivity index (χ4n) is 2.16. The van der Waals surface area contributed by atoms with Gasteiger partial charge in [-0.1, -0.05) is 42.5 Å². The van der Waals surface area contributed by atoms with Crippen LogP contribution in [-0.2, 0) is 4.79 Å². The molecule has 122 valence electrons. The Morgan fingerprint density at radius 1 is 1.12 bits per heavy atom. The van der Waals surface area contributed by atoms with E-state index in [-0.39, 0.29) is 12.5 Å². The lowest BCUT2D eigenvalue weighted by molar-refractivity contribution is -0.118. The molecule has 0 aliphatic rings. The molecular weight excluding hydrogens is 322 g/mol. The van der Waals surface area contributed by atoms with Crippen LogP contribution in [0.2, 0.25) is 0 Å². The largest absolute Gasteiger partial charge is 0.483 e. The number of hydrogen-bond donors (Lipinski definition) is 1. The first kappa shape index (κ1) is 16.1. The molecule has 0 radical (unpaired) electrons. The zero-order valence-corrected chi connectivity index (χ0v) is 14.3. The number of ether oxygens (including phenoxy) is 1. The van der Waals surface area contributed by atoms with E-state index in [0.29, 0.717) is 16.7 Å². The molecule has 0 fully saturated rings. The van der Waals surface area contributed by atoms with Gasteiger partial charge in [0.1, 0.15) is 5.75 Å². The Kier molecular flexibility index (Phi) is 4.86. The molecule has 1 N–H and O–H groups in total. The summed E-state index contributed by atoms with van der Waals surface area (Å²) >= 11 is 1.15. The van der Waals surface area contributed by atoms with Gasteiger partial charge in [-0.2, -0.15) is 9.36 Å². The topological polar surface area (TPSA) is 64.1 Å². The minimum absolute atomic E-state index is 0.0649. The van der Waals surface area contributed by atoms with Crippen LogP contribution in [0.15, 0.2) is 48.5 Å². The van der Waals surface area contributed by atoms with Crippen molar-refractivity contribution in [3.63, 3.8) is 0 Å². The molecule has 0 unspecified atom stereocenters. The van der Waals surface area contributed by atoms with Crippen molar-refractivity contribution in [3.05, 3.63) is 59.7 Å². The Morgan fingerprint density at radius 2 is 1.92 bits per heavy atom. The second kappa shape index (κ2) is 7.23. The molecule has 0 aliphatic heterocycles. The summed E-state index contributed by atoms with van der Waals surface area (Å²) in [5.41, 5.74) is 3.08. The van der Waals surface area contributed by atoms with Crippen LogP contribution in [0.25, 0.3) is 11.4 Å². The van der Waals surface area contributed by atoms with Crippen molar-refractivity contribution in [1.82, 2.24) is 9.36 Å². The van der Waals surface area contributed by atoms with Gasteiger partial charge in [0.05, 0.1) is 0 Å². The van der Waals surface area contributed by atoms with Crippen LogP contribution in [0.3, 0.4) is 0 Å². The normalized spacial score (nSPS) is 10.4. The van der Waals surface area contributed by atoms with Crippen molar-refractivity contribution in [1.29, 1.82) is 0 Å². The molecular formula is C18H17N3O2S. The highest BCUT2D eigenvalue weighted by Crippen LogP contribution is 2.22. The lowest BCUT2D eigenvalue weighted by atomic mass is 10.1. The number of amides is 1. The van der Waals surface area contributed by atoms with Gasteiger partial charge in [0.15, 0.2) is 12.4 Å². The Bertz CT molecular complexity index is 846. The molecule has 0 spiro atoms. The summed E-state index contributed by atoms with van der Waals surface area (Å²) < 4.78 is 9.85. The van der Waals surface area contributed by atoms with E-state index in [0.717, 1.165) is 28.2 Å². The van der Waals surface area contributed by atoms with E-state index in [2.05, 4.69) is 14.7 Å². The van der Waals surface area contributed by atoms with Crippen LogP contribution in [0.1, 0.15) is 11.1 Å². The molecule has 0 bridgehead atoms. The lowest BCUT2D eigenvalue weighted by Crippen LogP contribution is -2.20. The minimum Gasteiger partial charge on any atom is -0.483 e. The van der Waals surface area contributed by atoms with Gasteiger partial charge in [0.2, 0.25) is 5.13 Å². The maximum absolute atomic E-state index is 12.0. The van der Waals surface area contributed by atoms with Crippen molar-refractivity contribution >= 4 is 22.6 Å². The highest BCUT2D eigenvalue weighted by Gasteiger charge is 2.11. The van der Waals surface area contributed by atoms with Crippen LogP contribution in [0.5, 0.6) is 5.75 Å². The Balaban J connectivity index is 1.59.